The first kappa shape index (κ1) is 19.2. The molecule has 8 heteroatoms. The highest BCUT2D eigenvalue weighted by atomic mass is 19.1. The molecular formula is C21H23FN4O3. The minimum absolute atomic E-state index is 0.253. The summed E-state index contributed by atoms with van der Waals surface area (Å²) in [5.74, 6) is 0.447. The number of rotatable bonds is 5. The third-order valence-electron chi connectivity index (χ3n) is 5.59. The molecule has 29 heavy (non-hydrogen) atoms. The number of piperidine rings is 1. The zero-order chi connectivity index (χ0) is 20.5. The molecule has 2 aromatic carbocycles. The Morgan fingerprint density at radius 3 is 2.66 bits per heavy atom. The lowest BCUT2D eigenvalue weighted by Crippen LogP contribution is -2.35. The number of para-hydroxylation sites is 2. The van der Waals surface area contributed by atoms with Crippen molar-refractivity contribution in [3.63, 3.8) is 0 Å². The maximum atomic E-state index is 14.3. The van der Waals surface area contributed by atoms with Crippen LogP contribution >= 0.6 is 0 Å². The Kier molecular flexibility index (Phi) is 5.08. The summed E-state index contributed by atoms with van der Waals surface area (Å²) in [5.41, 5.74) is 1.88. The van der Waals surface area contributed by atoms with E-state index < -0.39 is 16.4 Å². The van der Waals surface area contributed by atoms with Crippen molar-refractivity contribution in [3.05, 3.63) is 58.2 Å². The predicted molar refractivity (Wildman–Crippen MR) is 109 cm³/mol. The summed E-state index contributed by atoms with van der Waals surface area (Å²) in [6.07, 6.45) is 2.42. The van der Waals surface area contributed by atoms with E-state index in [4.69, 9.17) is 9.72 Å². The number of hydrogen-bond donors (Lipinski definition) is 0. The number of nitro groups is 1. The number of methoxy groups -OCH3 is 1. The number of benzene rings is 2. The van der Waals surface area contributed by atoms with E-state index in [-0.39, 0.29) is 17.5 Å². The Morgan fingerprint density at radius 2 is 2.00 bits per heavy atom. The van der Waals surface area contributed by atoms with Gasteiger partial charge in [0.1, 0.15) is 17.3 Å². The zero-order valence-electron chi connectivity index (χ0n) is 16.5. The monoisotopic (exact) mass is 398 g/mol. The van der Waals surface area contributed by atoms with Crippen LogP contribution in [-0.4, -0.2) is 34.7 Å². The van der Waals surface area contributed by atoms with Gasteiger partial charge in [-0.15, -0.1) is 0 Å². The molecule has 0 atom stereocenters. The van der Waals surface area contributed by atoms with E-state index in [9.17, 15) is 14.5 Å². The molecule has 152 valence electrons. The lowest BCUT2D eigenvalue weighted by atomic mass is 10.0. The fourth-order valence-corrected chi connectivity index (χ4v) is 4.22. The van der Waals surface area contributed by atoms with Crippen molar-refractivity contribution < 1.29 is 14.1 Å². The first-order chi connectivity index (χ1) is 14.0. The van der Waals surface area contributed by atoms with Crippen LogP contribution in [0.25, 0.3) is 11.0 Å². The molecule has 0 radical (unpaired) electrons. The van der Waals surface area contributed by atoms with E-state index >= 15 is 0 Å². The number of ether oxygens (including phenoxy) is 1. The van der Waals surface area contributed by atoms with Crippen LogP contribution in [0.3, 0.4) is 0 Å². The van der Waals surface area contributed by atoms with Gasteiger partial charge in [-0.3, -0.25) is 10.1 Å². The molecule has 1 aromatic heterocycles. The molecule has 0 amide bonds. The van der Waals surface area contributed by atoms with Crippen LogP contribution in [0.15, 0.2) is 36.4 Å². The Morgan fingerprint density at radius 1 is 1.28 bits per heavy atom. The topological polar surface area (TPSA) is 73.4 Å². The quantitative estimate of drug-likeness (QED) is 0.467. The molecule has 1 fully saturated rings. The number of nitro benzene ring substituents is 1. The van der Waals surface area contributed by atoms with Crippen LogP contribution in [0.1, 0.15) is 31.6 Å². The lowest BCUT2D eigenvalue weighted by molar-refractivity contribution is -0.386. The highest BCUT2D eigenvalue weighted by Gasteiger charge is 2.30. The number of imidazole rings is 1. The van der Waals surface area contributed by atoms with Gasteiger partial charge in [-0.2, -0.15) is 4.39 Å². The second kappa shape index (κ2) is 7.69. The molecule has 7 nitrogen and oxygen atoms in total. The molecule has 1 aliphatic heterocycles. The Labute approximate surface area is 167 Å². The smallest absolute Gasteiger partial charge is 0.328 e. The number of nitrogens with zero attached hydrogens (tertiary/aromatic N) is 4. The fraction of sp³-hybridized carbons (Fsp3) is 0.381. The van der Waals surface area contributed by atoms with Crippen molar-refractivity contribution in [1.29, 1.82) is 0 Å². The second-order valence-electron chi connectivity index (χ2n) is 7.19. The van der Waals surface area contributed by atoms with Gasteiger partial charge in [0, 0.05) is 37.7 Å². The standard InChI is InChI=1S/C21H23FN4O3/c1-3-20-23-17-6-4-5-7-18(17)25(20)14-8-10-24(11-9-14)19-13-15(29-2)12-16(22)21(19)26(27)28/h4-7,12-14H,3,8-11H2,1-2H3. The minimum atomic E-state index is -0.875. The molecule has 1 aliphatic rings. The molecule has 0 unspecified atom stereocenters. The van der Waals surface area contributed by atoms with Crippen LogP contribution < -0.4 is 9.64 Å². The van der Waals surface area contributed by atoms with Crippen LogP contribution in [0, 0.1) is 15.9 Å². The molecular weight excluding hydrogens is 375 g/mol. The van der Waals surface area contributed by atoms with Gasteiger partial charge in [0.05, 0.1) is 23.1 Å². The molecule has 0 aliphatic carbocycles. The van der Waals surface area contributed by atoms with Gasteiger partial charge in [-0.05, 0) is 25.0 Å². The maximum absolute atomic E-state index is 14.3. The van der Waals surface area contributed by atoms with Crippen molar-refractivity contribution in [2.24, 2.45) is 0 Å². The van der Waals surface area contributed by atoms with Crippen molar-refractivity contribution in [1.82, 2.24) is 9.55 Å². The minimum Gasteiger partial charge on any atom is -0.497 e. The average molecular weight is 398 g/mol. The lowest BCUT2D eigenvalue weighted by Gasteiger charge is -2.34. The van der Waals surface area contributed by atoms with Crippen molar-refractivity contribution in [2.45, 2.75) is 32.2 Å². The molecule has 1 saturated heterocycles. The zero-order valence-corrected chi connectivity index (χ0v) is 16.5. The SMILES string of the molecule is CCc1nc2ccccc2n1C1CCN(c2cc(OC)cc(F)c2[N+](=O)[O-])CC1. The summed E-state index contributed by atoms with van der Waals surface area (Å²) in [6.45, 7) is 3.27. The summed E-state index contributed by atoms with van der Waals surface area (Å²) < 4.78 is 21.7. The maximum Gasteiger partial charge on any atom is 0.328 e. The van der Waals surface area contributed by atoms with Crippen molar-refractivity contribution in [3.8, 4) is 5.75 Å². The van der Waals surface area contributed by atoms with Crippen LogP contribution in [0.2, 0.25) is 0 Å². The number of anilines is 1. The van der Waals surface area contributed by atoms with Crippen LogP contribution in [0.4, 0.5) is 15.8 Å². The number of fused-ring (bicyclic) bond motifs is 1. The van der Waals surface area contributed by atoms with Gasteiger partial charge in [-0.1, -0.05) is 19.1 Å². The van der Waals surface area contributed by atoms with Gasteiger partial charge in [0.15, 0.2) is 0 Å². The largest absolute Gasteiger partial charge is 0.497 e. The number of aryl methyl sites for hydroxylation is 1. The van der Waals surface area contributed by atoms with E-state index in [1.165, 1.54) is 7.11 Å². The van der Waals surface area contributed by atoms with E-state index in [2.05, 4.69) is 17.6 Å². The summed E-state index contributed by atoms with van der Waals surface area (Å²) in [6, 6.07) is 10.9. The van der Waals surface area contributed by atoms with Crippen molar-refractivity contribution in [2.75, 3.05) is 25.1 Å². The third-order valence-corrected chi connectivity index (χ3v) is 5.59. The highest BCUT2D eigenvalue weighted by Crippen LogP contribution is 2.38. The Balaban J connectivity index is 1.63. The van der Waals surface area contributed by atoms with Crippen LogP contribution in [-0.2, 0) is 6.42 Å². The normalized spacial score (nSPS) is 15.1. The highest BCUT2D eigenvalue weighted by molar-refractivity contribution is 5.76. The van der Waals surface area contributed by atoms with Gasteiger partial charge in [0.25, 0.3) is 0 Å². The Hall–Kier alpha value is -3.16. The molecule has 3 aromatic rings. The molecule has 2 heterocycles. The van der Waals surface area contributed by atoms with Crippen LogP contribution in [0.5, 0.6) is 5.75 Å². The number of halogens is 1. The first-order valence-corrected chi connectivity index (χ1v) is 9.76. The van der Waals surface area contributed by atoms with Gasteiger partial charge < -0.3 is 14.2 Å². The predicted octanol–water partition coefficient (Wildman–Crippen LogP) is 4.50. The van der Waals surface area contributed by atoms with Gasteiger partial charge in [-0.25, -0.2) is 4.98 Å². The summed E-state index contributed by atoms with van der Waals surface area (Å²) in [5, 5.41) is 11.5. The van der Waals surface area contributed by atoms with E-state index in [0.717, 1.165) is 42.2 Å². The molecule has 0 saturated carbocycles. The number of hydrogen-bond acceptors (Lipinski definition) is 5. The summed E-state index contributed by atoms with van der Waals surface area (Å²) in [4.78, 5) is 17.4. The molecule has 0 bridgehead atoms. The second-order valence-corrected chi connectivity index (χ2v) is 7.19. The van der Waals surface area contributed by atoms with E-state index in [1.54, 1.807) is 6.07 Å². The summed E-state index contributed by atoms with van der Waals surface area (Å²) in [7, 11) is 1.42. The van der Waals surface area contributed by atoms with Crippen molar-refractivity contribution >= 4 is 22.4 Å². The Bertz CT molecular complexity index is 1060. The molecule has 4 rings (SSSR count). The van der Waals surface area contributed by atoms with E-state index in [1.807, 2.05) is 23.1 Å². The first-order valence-electron chi connectivity index (χ1n) is 9.76. The van der Waals surface area contributed by atoms with E-state index in [0.29, 0.717) is 13.1 Å². The molecule has 0 N–H and O–H groups in total. The number of aromatic nitrogens is 2. The fourth-order valence-electron chi connectivity index (χ4n) is 4.22. The third kappa shape index (κ3) is 3.39. The van der Waals surface area contributed by atoms with Gasteiger partial charge >= 0.3 is 5.69 Å². The summed E-state index contributed by atoms with van der Waals surface area (Å²) >= 11 is 0. The van der Waals surface area contributed by atoms with Gasteiger partial charge in [0.2, 0.25) is 5.82 Å². The average Bonchev–Trinajstić information content (AvgIpc) is 3.11. The molecule has 0 spiro atoms.